The zero-order valence-electron chi connectivity index (χ0n) is 19.1. The highest BCUT2D eigenvalue weighted by molar-refractivity contribution is 6.31. The van der Waals surface area contributed by atoms with Crippen molar-refractivity contribution in [1.82, 2.24) is 10.2 Å². The van der Waals surface area contributed by atoms with Crippen molar-refractivity contribution >= 4 is 17.5 Å². The van der Waals surface area contributed by atoms with E-state index in [1.807, 2.05) is 73.7 Å². The van der Waals surface area contributed by atoms with Crippen LogP contribution in [0.2, 0.25) is 5.02 Å². The molecular weight excluding hydrogens is 435 g/mol. The molecule has 33 heavy (non-hydrogen) atoms. The fraction of sp³-hybridized carbons (Fsp3) is 0.321. The van der Waals surface area contributed by atoms with Crippen LogP contribution in [0, 0.1) is 18.7 Å². The highest BCUT2D eigenvalue weighted by Crippen LogP contribution is 2.33. The molecule has 1 aliphatic rings. The summed E-state index contributed by atoms with van der Waals surface area (Å²) < 4.78 is 13.9. The van der Waals surface area contributed by atoms with E-state index in [2.05, 4.69) is 10.2 Å². The van der Waals surface area contributed by atoms with Gasteiger partial charge in [0, 0.05) is 24.7 Å². The fourth-order valence-corrected chi connectivity index (χ4v) is 4.89. The minimum absolute atomic E-state index is 0.0547. The number of carbonyl (C=O) groups is 1. The van der Waals surface area contributed by atoms with Gasteiger partial charge < -0.3 is 5.32 Å². The van der Waals surface area contributed by atoms with Crippen LogP contribution in [0.25, 0.3) is 0 Å². The molecule has 172 valence electrons. The lowest BCUT2D eigenvalue weighted by atomic mass is 9.83. The first-order valence-electron chi connectivity index (χ1n) is 11.5. The lowest BCUT2D eigenvalue weighted by Gasteiger charge is -2.38. The minimum Gasteiger partial charge on any atom is -0.349 e. The fourth-order valence-electron chi connectivity index (χ4n) is 4.70. The molecule has 1 heterocycles. The molecule has 1 amide bonds. The van der Waals surface area contributed by atoms with E-state index in [0.29, 0.717) is 18.7 Å². The van der Waals surface area contributed by atoms with E-state index in [4.69, 9.17) is 11.6 Å². The topological polar surface area (TPSA) is 32.3 Å². The maximum Gasteiger partial charge on any atom is 0.224 e. The first kappa shape index (κ1) is 23.5. The van der Waals surface area contributed by atoms with Crippen molar-refractivity contribution in [3.05, 3.63) is 106 Å². The molecule has 0 unspecified atom stereocenters. The maximum absolute atomic E-state index is 13.9. The molecule has 3 aromatic carbocycles. The molecule has 0 aromatic heterocycles. The molecular formula is C28H30ClFN2O. The molecule has 1 saturated heterocycles. The molecule has 0 bridgehead atoms. The number of rotatable bonds is 6. The van der Waals surface area contributed by atoms with Crippen LogP contribution in [0.1, 0.15) is 47.6 Å². The molecule has 1 fully saturated rings. The molecule has 0 saturated carbocycles. The number of likely N-dealkylation sites (tertiary alicyclic amines) is 1. The van der Waals surface area contributed by atoms with E-state index in [0.717, 1.165) is 34.7 Å². The van der Waals surface area contributed by atoms with Gasteiger partial charge in [0.1, 0.15) is 5.82 Å². The summed E-state index contributed by atoms with van der Waals surface area (Å²) in [6, 6.07) is 23.1. The highest BCUT2D eigenvalue weighted by Gasteiger charge is 2.33. The van der Waals surface area contributed by atoms with E-state index < -0.39 is 0 Å². The van der Waals surface area contributed by atoms with Crippen molar-refractivity contribution < 1.29 is 9.18 Å². The quantitative estimate of drug-likeness (QED) is 0.466. The average Bonchev–Trinajstić information content (AvgIpc) is 2.82. The molecule has 0 radical (unpaired) electrons. The number of piperidine rings is 1. The standard InChI is InChI=1S/C28H30ClFN2O/c1-19-14-22(12-13-27(19)30)24-15-25(28(33)31-20(2)21-8-4-3-5-9-21)18-32(17-24)16-23-10-6-7-11-26(23)29/h3-14,20,24-25H,15-18H2,1-2H3,(H,31,33)/t20-,24-,25+/m1/s1. The number of hydrogen-bond donors (Lipinski definition) is 1. The van der Waals surface area contributed by atoms with E-state index in [-0.39, 0.29) is 29.6 Å². The minimum atomic E-state index is -0.200. The van der Waals surface area contributed by atoms with Gasteiger partial charge in [0.2, 0.25) is 5.91 Å². The predicted octanol–water partition coefficient (Wildman–Crippen LogP) is 6.27. The van der Waals surface area contributed by atoms with E-state index in [1.165, 1.54) is 6.07 Å². The summed E-state index contributed by atoms with van der Waals surface area (Å²) in [5.74, 6) is -0.168. The Hall–Kier alpha value is -2.69. The number of nitrogens with one attached hydrogen (secondary N) is 1. The second-order valence-electron chi connectivity index (χ2n) is 9.06. The van der Waals surface area contributed by atoms with Crippen LogP contribution in [0.5, 0.6) is 0 Å². The number of aryl methyl sites for hydroxylation is 1. The summed E-state index contributed by atoms with van der Waals surface area (Å²) in [6.07, 6.45) is 0.734. The van der Waals surface area contributed by atoms with Crippen molar-refractivity contribution in [2.24, 2.45) is 5.92 Å². The summed E-state index contributed by atoms with van der Waals surface area (Å²) >= 11 is 6.42. The van der Waals surface area contributed by atoms with Gasteiger partial charge in [-0.15, -0.1) is 0 Å². The van der Waals surface area contributed by atoms with Crippen molar-refractivity contribution in [3.8, 4) is 0 Å². The van der Waals surface area contributed by atoms with Crippen LogP contribution in [-0.2, 0) is 11.3 Å². The zero-order chi connectivity index (χ0) is 23.4. The van der Waals surface area contributed by atoms with Crippen LogP contribution in [0.4, 0.5) is 4.39 Å². The van der Waals surface area contributed by atoms with Gasteiger partial charge >= 0.3 is 0 Å². The van der Waals surface area contributed by atoms with Crippen molar-refractivity contribution in [3.63, 3.8) is 0 Å². The Balaban J connectivity index is 1.55. The van der Waals surface area contributed by atoms with Gasteiger partial charge in [0.05, 0.1) is 12.0 Å². The maximum atomic E-state index is 13.9. The molecule has 0 spiro atoms. The number of benzene rings is 3. The molecule has 1 aliphatic heterocycles. The predicted molar refractivity (Wildman–Crippen MR) is 132 cm³/mol. The monoisotopic (exact) mass is 464 g/mol. The van der Waals surface area contributed by atoms with Crippen molar-refractivity contribution in [1.29, 1.82) is 0 Å². The van der Waals surface area contributed by atoms with Crippen LogP contribution >= 0.6 is 11.6 Å². The Labute approximate surface area is 200 Å². The number of nitrogens with zero attached hydrogens (tertiary/aromatic N) is 1. The Morgan fingerprint density at radius 2 is 1.82 bits per heavy atom. The van der Waals surface area contributed by atoms with Crippen molar-refractivity contribution in [2.45, 2.75) is 38.8 Å². The van der Waals surface area contributed by atoms with Gasteiger partial charge in [0.15, 0.2) is 0 Å². The third-order valence-electron chi connectivity index (χ3n) is 6.56. The SMILES string of the molecule is Cc1cc([C@@H]2C[C@H](C(=O)N[C@H](C)c3ccccc3)CN(Cc3ccccc3Cl)C2)ccc1F. The second-order valence-corrected chi connectivity index (χ2v) is 9.47. The van der Waals surface area contributed by atoms with Gasteiger partial charge in [-0.2, -0.15) is 0 Å². The van der Waals surface area contributed by atoms with Crippen LogP contribution < -0.4 is 5.32 Å². The van der Waals surface area contributed by atoms with Crippen LogP contribution in [0.15, 0.2) is 72.8 Å². The summed E-state index contributed by atoms with van der Waals surface area (Å²) in [7, 11) is 0. The molecule has 5 heteroatoms. The zero-order valence-corrected chi connectivity index (χ0v) is 19.9. The Kier molecular flexibility index (Phi) is 7.46. The van der Waals surface area contributed by atoms with Crippen LogP contribution in [-0.4, -0.2) is 23.9 Å². The van der Waals surface area contributed by atoms with Gasteiger partial charge in [-0.05, 0) is 60.6 Å². The Morgan fingerprint density at radius 3 is 2.55 bits per heavy atom. The normalized spacial score (nSPS) is 19.8. The highest BCUT2D eigenvalue weighted by atomic mass is 35.5. The average molecular weight is 465 g/mol. The van der Waals surface area contributed by atoms with Crippen molar-refractivity contribution in [2.75, 3.05) is 13.1 Å². The van der Waals surface area contributed by atoms with E-state index in [9.17, 15) is 9.18 Å². The smallest absolute Gasteiger partial charge is 0.224 e. The first-order valence-corrected chi connectivity index (χ1v) is 11.9. The third kappa shape index (κ3) is 5.82. The third-order valence-corrected chi connectivity index (χ3v) is 6.93. The second kappa shape index (κ2) is 10.5. The largest absolute Gasteiger partial charge is 0.349 e. The summed E-state index contributed by atoms with van der Waals surface area (Å²) in [6.45, 7) is 5.94. The molecule has 3 atom stereocenters. The number of hydrogen-bond acceptors (Lipinski definition) is 2. The Morgan fingerprint density at radius 1 is 1.09 bits per heavy atom. The molecule has 3 aromatic rings. The van der Waals surface area contributed by atoms with Gasteiger partial charge in [-0.25, -0.2) is 4.39 Å². The number of halogens is 2. The lowest BCUT2D eigenvalue weighted by Crippen LogP contribution is -2.45. The van der Waals surface area contributed by atoms with E-state index >= 15 is 0 Å². The van der Waals surface area contributed by atoms with E-state index in [1.54, 1.807) is 6.92 Å². The molecule has 3 nitrogen and oxygen atoms in total. The number of carbonyl (C=O) groups excluding carboxylic acids is 1. The Bertz CT molecular complexity index is 1100. The summed E-state index contributed by atoms with van der Waals surface area (Å²) in [4.78, 5) is 15.6. The van der Waals surface area contributed by atoms with Gasteiger partial charge in [-0.1, -0.05) is 72.3 Å². The molecule has 4 rings (SSSR count). The molecule has 1 N–H and O–H groups in total. The first-order chi connectivity index (χ1) is 15.9. The number of amides is 1. The molecule has 0 aliphatic carbocycles. The van der Waals surface area contributed by atoms with Gasteiger partial charge in [0.25, 0.3) is 0 Å². The lowest BCUT2D eigenvalue weighted by molar-refractivity contribution is -0.127. The summed E-state index contributed by atoms with van der Waals surface area (Å²) in [5.41, 5.74) is 3.84. The van der Waals surface area contributed by atoms with Crippen LogP contribution in [0.3, 0.4) is 0 Å². The summed E-state index contributed by atoms with van der Waals surface area (Å²) in [5, 5.41) is 3.93. The van der Waals surface area contributed by atoms with Gasteiger partial charge in [-0.3, -0.25) is 9.69 Å².